The van der Waals surface area contributed by atoms with E-state index in [0.29, 0.717) is 0 Å². The quantitative estimate of drug-likeness (QED) is 0.822. The van der Waals surface area contributed by atoms with E-state index in [2.05, 4.69) is 20.3 Å². The van der Waals surface area contributed by atoms with Gasteiger partial charge in [-0.1, -0.05) is 11.3 Å². The van der Waals surface area contributed by atoms with E-state index >= 15 is 0 Å². The Labute approximate surface area is 86.1 Å². The maximum atomic E-state index is 5.48. The summed E-state index contributed by atoms with van der Waals surface area (Å²) >= 11 is 6.30. The smallest absolute Gasteiger partial charge is 0.182 e. The number of halogens is 1. The van der Waals surface area contributed by atoms with Crippen LogP contribution < -0.4 is 4.74 Å². The minimum Gasteiger partial charge on any atom is -0.444 e. The molecule has 0 aliphatic carbocycles. The Hall–Kier alpha value is -0.390. The molecule has 12 heavy (non-hydrogen) atoms. The molecule has 0 fully saturated rings. The molecule has 0 amide bonds. The van der Waals surface area contributed by atoms with E-state index in [1.54, 1.807) is 17.5 Å². The van der Waals surface area contributed by atoms with Gasteiger partial charge in [-0.25, -0.2) is 0 Å². The van der Waals surface area contributed by atoms with Crippen LogP contribution in [-0.2, 0) is 0 Å². The number of hydrogen-bond donors (Lipinski definition) is 0. The van der Waals surface area contributed by atoms with Crippen molar-refractivity contribution in [1.29, 1.82) is 0 Å². The first-order valence-electron chi connectivity index (χ1n) is 3.17. The van der Waals surface area contributed by atoms with Crippen LogP contribution in [0.3, 0.4) is 0 Å². The summed E-state index contributed by atoms with van der Waals surface area (Å²) in [7, 11) is 0. The molecule has 2 heterocycles. The first-order valence-corrected chi connectivity index (χ1v) is 5.62. The lowest BCUT2D eigenvalue weighted by molar-refractivity contribution is 0.498. The second kappa shape index (κ2) is 3.55. The average Bonchev–Trinajstić information content (AvgIpc) is 2.63. The minimum atomic E-state index is 0.800. The zero-order chi connectivity index (χ0) is 8.39. The van der Waals surface area contributed by atoms with Gasteiger partial charge in [-0.3, -0.25) is 0 Å². The van der Waals surface area contributed by atoms with Crippen molar-refractivity contribution in [3.8, 4) is 10.8 Å². The molecular formula is C7H4BrNOS2. The van der Waals surface area contributed by atoms with Crippen molar-refractivity contribution in [3.05, 3.63) is 27.5 Å². The normalized spacial score (nSPS) is 10.1. The molecule has 62 valence electrons. The highest BCUT2D eigenvalue weighted by Gasteiger charge is 2.00. The second-order valence-electron chi connectivity index (χ2n) is 2.02. The van der Waals surface area contributed by atoms with Crippen molar-refractivity contribution < 1.29 is 4.74 Å². The third-order valence-electron chi connectivity index (χ3n) is 1.18. The van der Waals surface area contributed by atoms with E-state index in [4.69, 9.17) is 4.74 Å². The van der Waals surface area contributed by atoms with E-state index in [-0.39, 0.29) is 0 Å². The van der Waals surface area contributed by atoms with Gasteiger partial charge in [0.25, 0.3) is 0 Å². The average molecular weight is 262 g/mol. The minimum absolute atomic E-state index is 0.800. The monoisotopic (exact) mass is 261 g/mol. The number of hydrogen-bond acceptors (Lipinski definition) is 4. The lowest BCUT2D eigenvalue weighted by Crippen LogP contribution is -1.74. The lowest BCUT2D eigenvalue weighted by Gasteiger charge is -1.95. The van der Waals surface area contributed by atoms with Crippen LogP contribution in [0, 0.1) is 0 Å². The molecule has 0 aromatic carbocycles. The highest BCUT2D eigenvalue weighted by molar-refractivity contribution is 9.11. The summed E-state index contributed by atoms with van der Waals surface area (Å²) in [5, 5.41) is 2.75. The SMILES string of the molecule is Brc1ccc(Oc2cnsc2)s1. The molecule has 5 heteroatoms. The van der Waals surface area contributed by atoms with Gasteiger partial charge < -0.3 is 4.74 Å². The summed E-state index contributed by atoms with van der Waals surface area (Å²) in [5.74, 6) is 0.800. The largest absolute Gasteiger partial charge is 0.444 e. The van der Waals surface area contributed by atoms with E-state index in [9.17, 15) is 0 Å². The van der Waals surface area contributed by atoms with Crippen molar-refractivity contribution in [1.82, 2.24) is 4.37 Å². The zero-order valence-corrected chi connectivity index (χ0v) is 9.08. The third kappa shape index (κ3) is 1.85. The van der Waals surface area contributed by atoms with Gasteiger partial charge in [0, 0.05) is 0 Å². The van der Waals surface area contributed by atoms with Crippen LogP contribution in [0.2, 0.25) is 0 Å². The maximum absolute atomic E-state index is 5.48. The standard InChI is InChI=1S/C7H4BrNOS2/c8-6-1-2-7(12-6)10-5-3-9-11-4-5/h1-4H. The van der Waals surface area contributed by atoms with Crippen molar-refractivity contribution in [2.75, 3.05) is 0 Å². The Morgan fingerprint density at radius 2 is 2.33 bits per heavy atom. The maximum Gasteiger partial charge on any atom is 0.182 e. The molecule has 0 radical (unpaired) electrons. The second-order valence-corrected chi connectivity index (χ2v) is 5.10. The van der Waals surface area contributed by atoms with Gasteiger partial charge in [0.05, 0.1) is 15.4 Å². The van der Waals surface area contributed by atoms with E-state index in [0.717, 1.165) is 14.6 Å². The summed E-state index contributed by atoms with van der Waals surface area (Å²) in [4.78, 5) is 0. The fraction of sp³-hybridized carbons (Fsp3) is 0. The highest BCUT2D eigenvalue weighted by atomic mass is 79.9. The highest BCUT2D eigenvalue weighted by Crippen LogP contribution is 2.32. The molecule has 2 nitrogen and oxygen atoms in total. The van der Waals surface area contributed by atoms with Crippen LogP contribution in [0.1, 0.15) is 0 Å². The summed E-state index contributed by atoms with van der Waals surface area (Å²) in [5.41, 5.74) is 0. The predicted octanol–water partition coefficient (Wildman–Crippen LogP) is 3.76. The fourth-order valence-electron chi connectivity index (χ4n) is 0.714. The summed E-state index contributed by atoms with van der Waals surface area (Å²) in [6.45, 7) is 0. The number of nitrogens with zero attached hydrogens (tertiary/aromatic N) is 1. The summed E-state index contributed by atoms with van der Waals surface area (Å²) in [6.07, 6.45) is 1.71. The number of aromatic nitrogens is 1. The Morgan fingerprint density at radius 1 is 1.42 bits per heavy atom. The molecule has 0 saturated carbocycles. The van der Waals surface area contributed by atoms with E-state index in [1.807, 2.05) is 17.5 Å². The Balaban J connectivity index is 2.14. The van der Waals surface area contributed by atoms with Crippen molar-refractivity contribution in [3.63, 3.8) is 0 Å². The van der Waals surface area contributed by atoms with Crippen LogP contribution >= 0.6 is 38.8 Å². The molecule has 0 unspecified atom stereocenters. The van der Waals surface area contributed by atoms with E-state index < -0.39 is 0 Å². The predicted molar refractivity (Wildman–Crippen MR) is 54.2 cm³/mol. The fourth-order valence-corrected chi connectivity index (χ4v) is 2.37. The van der Waals surface area contributed by atoms with Gasteiger partial charge in [-0.2, -0.15) is 4.37 Å². The van der Waals surface area contributed by atoms with Crippen LogP contribution in [0.4, 0.5) is 0 Å². The molecule has 0 atom stereocenters. The van der Waals surface area contributed by atoms with Gasteiger partial charge in [0.1, 0.15) is 0 Å². The molecule has 2 rings (SSSR count). The lowest BCUT2D eigenvalue weighted by atomic mass is 10.6. The number of ether oxygens (including phenoxy) is 1. The molecule has 0 saturated heterocycles. The van der Waals surface area contributed by atoms with Crippen molar-refractivity contribution in [2.45, 2.75) is 0 Å². The van der Waals surface area contributed by atoms with E-state index in [1.165, 1.54) is 11.5 Å². The molecule has 0 aliphatic heterocycles. The Morgan fingerprint density at radius 3 is 2.92 bits per heavy atom. The van der Waals surface area contributed by atoms with Crippen LogP contribution in [-0.4, -0.2) is 4.37 Å². The van der Waals surface area contributed by atoms with Gasteiger partial charge in [0.15, 0.2) is 10.8 Å². The first kappa shape index (κ1) is 8.22. The third-order valence-corrected chi connectivity index (χ3v) is 3.24. The van der Waals surface area contributed by atoms with Crippen LogP contribution in [0.15, 0.2) is 27.5 Å². The van der Waals surface area contributed by atoms with Crippen LogP contribution in [0.5, 0.6) is 10.8 Å². The number of rotatable bonds is 2. The van der Waals surface area contributed by atoms with Gasteiger partial charge in [0.2, 0.25) is 0 Å². The van der Waals surface area contributed by atoms with Gasteiger partial charge in [-0.05, 0) is 39.6 Å². The van der Waals surface area contributed by atoms with Gasteiger partial charge >= 0.3 is 0 Å². The first-order chi connectivity index (χ1) is 5.84. The summed E-state index contributed by atoms with van der Waals surface area (Å²) in [6, 6.07) is 3.88. The number of thiophene rings is 1. The topological polar surface area (TPSA) is 22.1 Å². The zero-order valence-electron chi connectivity index (χ0n) is 5.86. The molecule has 2 aromatic heterocycles. The molecule has 0 aliphatic rings. The van der Waals surface area contributed by atoms with Crippen molar-refractivity contribution in [2.24, 2.45) is 0 Å². The van der Waals surface area contributed by atoms with Crippen molar-refractivity contribution >= 4 is 38.8 Å². The Bertz CT molecular complexity index is 357. The molecule has 0 bridgehead atoms. The van der Waals surface area contributed by atoms with Gasteiger partial charge in [-0.15, -0.1) is 0 Å². The molecular weight excluding hydrogens is 258 g/mol. The van der Waals surface area contributed by atoms with Crippen LogP contribution in [0.25, 0.3) is 0 Å². The molecule has 0 N–H and O–H groups in total. The Kier molecular flexibility index (Phi) is 2.43. The summed E-state index contributed by atoms with van der Waals surface area (Å²) < 4.78 is 10.5. The molecule has 2 aromatic rings. The molecule has 0 spiro atoms.